The van der Waals surface area contributed by atoms with Crippen LogP contribution in [0.1, 0.15) is 55.2 Å². The topological polar surface area (TPSA) is 52.7 Å². The van der Waals surface area contributed by atoms with Crippen LogP contribution in [0.5, 0.6) is 0 Å². The molecule has 2 aromatic rings. The van der Waals surface area contributed by atoms with Gasteiger partial charge in [0, 0.05) is 24.4 Å². The van der Waals surface area contributed by atoms with Crippen molar-refractivity contribution in [2.45, 2.75) is 63.2 Å². The van der Waals surface area contributed by atoms with E-state index in [1.165, 1.54) is 30.4 Å². The summed E-state index contributed by atoms with van der Waals surface area (Å²) in [7, 11) is 0. The number of nitrogens with one attached hydrogen (secondary N) is 1. The number of likely N-dealkylation sites (tertiary alicyclic amines) is 1. The molecule has 5 nitrogen and oxygen atoms in total. The normalized spacial score (nSPS) is 23.9. The molecule has 1 aliphatic carbocycles. The SMILES string of the molecule is Cc1ccc(/C=C2\SC3CCCCC3N(CC(=O)NCCN3CCC(Cc4ccccc4)CC3)C2=O)cc1. The molecule has 2 aliphatic heterocycles. The molecular weight excluding hydrogens is 490 g/mol. The summed E-state index contributed by atoms with van der Waals surface area (Å²) in [6.45, 7) is 5.92. The number of rotatable bonds is 8. The Morgan fingerprint density at radius 2 is 1.74 bits per heavy atom. The number of fused-ring (bicyclic) bond motifs is 1. The quantitative estimate of drug-likeness (QED) is 0.470. The van der Waals surface area contributed by atoms with Gasteiger partial charge in [0.25, 0.3) is 5.91 Å². The Morgan fingerprint density at radius 3 is 2.50 bits per heavy atom. The molecule has 2 amide bonds. The number of hydrogen-bond acceptors (Lipinski definition) is 4. The first kappa shape index (κ1) is 27.0. The van der Waals surface area contributed by atoms with E-state index in [-0.39, 0.29) is 24.4 Å². The fraction of sp³-hybridized carbons (Fsp3) is 0.500. The van der Waals surface area contributed by atoms with Crippen LogP contribution in [0.3, 0.4) is 0 Å². The summed E-state index contributed by atoms with van der Waals surface area (Å²) >= 11 is 1.72. The lowest BCUT2D eigenvalue weighted by Crippen LogP contribution is -2.54. The van der Waals surface area contributed by atoms with Crippen LogP contribution in [0.2, 0.25) is 0 Å². The number of amides is 2. The molecule has 0 bridgehead atoms. The zero-order valence-electron chi connectivity index (χ0n) is 22.6. The van der Waals surface area contributed by atoms with Gasteiger partial charge >= 0.3 is 0 Å². The van der Waals surface area contributed by atoms with E-state index in [1.807, 2.05) is 11.0 Å². The van der Waals surface area contributed by atoms with Gasteiger partial charge in [-0.1, -0.05) is 73.0 Å². The van der Waals surface area contributed by atoms with Crippen molar-refractivity contribution in [3.8, 4) is 0 Å². The molecule has 3 fully saturated rings. The van der Waals surface area contributed by atoms with Crippen molar-refractivity contribution in [2.75, 3.05) is 32.7 Å². The molecule has 2 heterocycles. The van der Waals surface area contributed by atoms with Crippen LogP contribution in [-0.4, -0.2) is 65.6 Å². The molecule has 2 aromatic carbocycles. The summed E-state index contributed by atoms with van der Waals surface area (Å²) in [5, 5.41) is 3.49. The van der Waals surface area contributed by atoms with Gasteiger partial charge in [-0.25, -0.2) is 0 Å². The first-order valence-electron chi connectivity index (χ1n) is 14.3. The van der Waals surface area contributed by atoms with Crippen molar-refractivity contribution in [1.29, 1.82) is 0 Å². The summed E-state index contributed by atoms with van der Waals surface area (Å²) in [6, 6.07) is 19.2. The number of piperidine rings is 1. The average Bonchev–Trinajstić information content (AvgIpc) is 2.94. The van der Waals surface area contributed by atoms with Crippen molar-refractivity contribution in [3.05, 3.63) is 76.2 Å². The second-order valence-corrected chi connectivity index (χ2v) is 12.5. The predicted octanol–water partition coefficient (Wildman–Crippen LogP) is 5.29. The van der Waals surface area contributed by atoms with Crippen molar-refractivity contribution < 1.29 is 9.59 Å². The minimum Gasteiger partial charge on any atom is -0.353 e. The molecule has 1 N–H and O–H groups in total. The minimum atomic E-state index is -0.0387. The number of benzene rings is 2. The fourth-order valence-electron chi connectivity index (χ4n) is 6.10. The number of aryl methyl sites for hydroxylation is 1. The summed E-state index contributed by atoms with van der Waals surface area (Å²) in [5.41, 5.74) is 3.68. The highest BCUT2D eigenvalue weighted by molar-refractivity contribution is 8.04. The number of hydrogen-bond donors (Lipinski definition) is 1. The fourth-order valence-corrected chi connectivity index (χ4v) is 7.57. The molecule has 38 heavy (non-hydrogen) atoms. The van der Waals surface area contributed by atoms with Gasteiger partial charge in [-0.3, -0.25) is 9.59 Å². The molecule has 5 rings (SSSR count). The van der Waals surface area contributed by atoms with E-state index >= 15 is 0 Å². The second kappa shape index (κ2) is 13.0. The Balaban J connectivity index is 1.11. The van der Waals surface area contributed by atoms with Crippen LogP contribution < -0.4 is 5.32 Å². The van der Waals surface area contributed by atoms with E-state index in [1.54, 1.807) is 11.8 Å². The molecule has 202 valence electrons. The minimum absolute atomic E-state index is 0.00867. The Kier molecular flexibility index (Phi) is 9.23. The largest absolute Gasteiger partial charge is 0.353 e. The Bertz CT molecular complexity index is 1110. The van der Waals surface area contributed by atoms with Gasteiger partial charge in [0.05, 0.1) is 4.91 Å². The molecule has 0 spiro atoms. The Morgan fingerprint density at radius 1 is 1.00 bits per heavy atom. The summed E-state index contributed by atoms with van der Waals surface area (Å²) in [6.07, 6.45) is 10.0. The lowest BCUT2D eigenvalue weighted by Gasteiger charge is -2.43. The van der Waals surface area contributed by atoms with Gasteiger partial charge < -0.3 is 15.1 Å². The standard InChI is InChI=1S/C32H41N3O2S/c1-24-11-13-26(14-12-24)22-30-32(37)35(28-9-5-6-10-29(28)38-30)23-31(36)33-17-20-34-18-15-27(16-19-34)21-25-7-3-2-4-8-25/h2-4,7-8,11-14,22,27-29H,5-6,9-10,15-21,23H2,1H3,(H,33,36)/b30-22-. The highest BCUT2D eigenvalue weighted by Gasteiger charge is 2.41. The van der Waals surface area contributed by atoms with Crippen molar-refractivity contribution in [1.82, 2.24) is 15.1 Å². The van der Waals surface area contributed by atoms with E-state index in [4.69, 9.17) is 0 Å². The third-order valence-electron chi connectivity index (χ3n) is 8.33. The summed E-state index contributed by atoms with van der Waals surface area (Å²) in [5.74, 6) is 0.717. The monoisotopic (exact) mass is 531 g/mol. The predicted molar refractivity (Wildman–Crippen MR) is 157 cm³/mol. The highest BCUT2D eigenvalue weighted by atomic mass is 32.2. The summed E-state index contributed by atoms with van der Waals surface area (Å²) < 4.78 is 0. The maximum Gasteiger partial charge on any atom is 0.261 e. The molecular formula is C32H41N3O2S. The molecule has 2 saturated heterocycles. The van der Waals surface area contributed by atoms with Crippen LogP contribution in [0.25, 0.3) is 6.08 Å². The van der Waals surface area contributed by atoms with Crippen LogP contribution in [0, 0.1) is 12.8 Å². The number of carbonyl (C=O) groups is 2. The second-order valence-electron chi connectivity index (χ2n) is 11.2. The van der Waals surface area contributed by atoms with Crippen LogP contribution >= 0.6 is 11.8 Å². The Hall–Kier alpha value is -2.57. The lowest BCUT2D eigenvalue weighted by atomic mass is 9.90. The van der Waals surface area contributed by atoms with Crippen molar-refractivity contribution in [3.63, 3.8) is 0 Å². The third kappa shape index (κ3) is 7.09. The van der Waals surface area contributed by atoms with Crippen LogP contribution in [-0.2, 0) is 16.0 Å². The van der Waals surface area contributed by atoms with E-state index in [9.17, 15) is 9.59 Å². The number of carbonyl (C=O) groups excluding carboxylic acids is 2. The highest BCUT2D eigenvalue weighted by Crippen LogP contribution is 2.42. The first-order chi connectivity index (χ1) is 18.5. The van der Waals surface area contributed by atoms with Crippen LogP contribution in [0.4, 0.5) is 0 Å². The molecule has 0 aromatic heterocycles. The maximum absolute atomic E-state index is 13.5. The molecule has 3 aliphatic rings. The van der Waals surface area contributed by atoms with Gasteiger partial charge in [0.15, 0.2) is 0 Å². The Labute approximate surface area is 232 Å². The van der Waals surface area contributed by atoms with Gasteiger partial charge in [-0.15, -0.1) is 11.8 Å². The zero-order chi connectivity index (χ0) is 26.3. The van der Waals surface area contributed by atoms with E-state index in [2.05, 4.69) is 71.7 Å². The van der Waals surface area contributed by atoms with Crippen molar-refractivity contribution >= 4 is 29.7 Å². The molecule has 2 atom stereocenters. The lowest BCUT2D eigenvalue weighted by molar-refractivity contribution is -0.135. The summed E-state index contributed by atoms with van der Waals surface area (Å²) in [4.78, 5) is 31.6. The van der Waals surface area contributed by atoms with Crippen molar-refractivity contribution in [2.24, 2.45) is 5.92 Å². The van der Waals surface area contributed by atoms with E-state index in [0.29, 0.717) is 11.8 Å². The zero-order valence-corrected chi connectivity index (χ0v) is 23.4. The molecule has 6 heteroatoms. The van der Waals surface area contributed by atoms with Gasteiger partial charge in [-0.05, 0) is 75.2 Å². The van der Waals surface area contributed by atoms with E-state index < -0.39 is 0 Å². The van der Waals surface area contributed by atoms with Gasteiger partial charge in [0.2, 0.25) is 5.91 Å². The number of nitrogens with zero attached hydrogens (tertiary/aromatic N) is 2. The van der Waals surface area contributed by atoms with Gasteiger partial charge in [0.1, 0.15) is 6.54 Å². The first-order valence-corrected chi connectivity index (χ1v) is 15.2. The molecule has 0 radical (unpaired) electrons. The molecule has 2 unspecified atom stereocenters. The molecule has 1 saturated carbocycles. The average molecular weight is 532 g/mol. The van der Waals surface area contributed by atoms with E-state index in [0.717, 1.165) is 61.7 Å². The van der Waals surface area contributed by atoms with Crippen LogP contribution in [0.15, 0.2) is 59.5 Å². The van der Waals surface area contributed by atoms with Gasteiger partial charge in [-0.2, -0.15) is 0 Å². The number of thioether (sulfide) groups is 1. The smallest absolute Gasteiger partial charge is 0.261 e. The maximum atomic E-state index is 13.5. The third-order valence-corrected chi connectivity index (χ3v) is 9.73.